The third kappa shape index (κ3) is 4.05. The zero-order valence-electron chi connectivity index (χ0n) is 15.6. The van der Waals surface area contributed by atoms with E-state index in [1.54, 1.807) is 18.4 Å². The maximum absolute atomic E-state index is 12.4. The lowest BCUT2D eigenvalue weighted by Gasteiger charge is -2.33. The topological polar surface area (TPSA) is 74.6 Å². The van der Waals surface area contributed by atoms with Crippen LogP contribution in [-0.4, -0.2) is 77.0 Å². The number of nitrogens with zero attached hydrogens (tertiary/aromatic N) is 6. The van der Waals surface area contributed by atoms with E-state index in [1.807, 2.05) is 7.05 Å². The van der Waals surface area contributed by atoms with Crippen molar-refractivity contribution in [3.05, 3.63) is 11.6 Å². The molecule has 0 bridgehead atoms. The van der Waals surface area contributed by atoms with Crippen molar-refractivity contribution in [2.75, 3.05) is 40.3 Å². The van der Waals surface area contributed by atoms with Crippen molar-refractivity contribution >= 4 is 10.2 Å². The van der Waals surface area contributed by atoms with Gasteiger partial charge in [-0.25, -0.2) is 0 Å². The predicted octanol–water partition coefficient (Wildman–Crippen LogP) is 0.787. The molecular weight excluding hydrogens is 340 g/mol. The fourth-order valence-electron chi connectivity index (χ4n) is 3.78. The molecule has 1 aromatic heterocycles. The van der Waals surface area contributed by atoms with Gasteiger partial charge in [-0.1, -0.05) is 6.42 Å². The molecule has 9 heteroatoms. The van der Waals surface area contributed by atoms with Gasteiger partial charge in [0.05, 0.1) is 6.54 Å². The minimum Gasteiger partial charge on any atom is -0.317 e. The van der Waals surface area contributed by atoms with E-state index in [1.165, 1.54) is 23.6 Å². The van der Waals surface area contributed by atoms with Crippen molar-refractivity contribution < 1.29 is 8.42 Å². The molecule has 3 heterocycles. The van der Waals surface area contributed by atoms with Crippen molar-refractivity contribution in [2.45, 2.75) is 44.6 Å². The zero-order chi connectivity index (χ0) is 18.0. The summed E-state index contributed by atoms with van der Waals surface area (Å²) in [5, 5.41) is 8.82. The Morgan fingerprint density at radius 3 is 2.48 bits per heavy atom. The zero-order valence-corrected chi connectivity index (χ0v) is 16.4. The molecule has 2 saturated heterocycles. The van der Waals surface area contributed by atoms with E-state index < -0.39 is 10.2 Å². The molecule has 1 aromatic rings. The number of piperidine rings is 2. The van der Waals surface area contributed by atoms with Crippen LogP contribution in [0.3, 0.4) is 0 Å². The van der Waals surface area contributed by atoms with Crippen molar-refractivity contribution in [2.24, 2.45) is 7.05 Å². The summed E-state index contributed by atoms with van der Waals surface area (Å²) in [5.74, 6) is 1.99. The van der Waals surface area contributed by atoms with Crippen LogP contribution in [0.4, 0.5) is 0 Å². The van der Waals surface area contributed by atoms with Gasteiger partial charge < -0.3 is 4.57 Å². The standard InChI is InChI=1S/C16H30N6O2S/c1-19(2)25(23,24)22-11-7-8-14(12-22)16-18-17-15(20(16)3)13-21-9-5-4-6-10-21/h14H,4-13H2,1-3H3/t14-/m0/s1. The van der Waals surface area contributed by atoms with Crippen molar-refractivity contribution in [3.63, 3.8) is 0 Å². The molecule has 25 heavy (non-hydrogen) atoms. The van der Waals surface area contributed by atoms with Crippen molar-refractivity contribution in [1.82, 2.24) is 28.3 Å². The summed E-state index contributed by atoms with van der Waals surface area (Å²) in [5.41, 5.74) is 0. The first kappa shape index (κ1) is 18.8. The Morgan fingerprint density at radius 2 is 1.80 bits per heavy atom. The van der Waals surface area contributed by atoms with Gasteiger partial charge in [0.15, 0.2) is 0 Å². The number of hydrogen-bond acceptors (Lipinski definition) is 5. The lowest BCUT2D eigenvalue weighted by molar-refractivity contribution is 0.213. The summed E-state index contributed by atoms with van der Waals surface area (Å²) in [6.07, 6.45) is 5.63. The Balaban J connectivity index is 1.71. The average molecular weight is 371 g/mol. The van der Waals surface area contributed by atoms with Crippen LogP contribution < -0.4 is 0 Å². The lowest BCUT2D eigenvalue weighted by atomic mass is 9.99. The normalized spacial score (nSPS) is 24.1. The van der Waals surface area contributed by atoms with Crippen LogP contribution in [0.1, 0.15) is 49.7 Å². The highest BCUT2D eigenvalue weighted by Crippen LogP contribution is 2.28. The molecule has 0 spiro atoms. The maximum Gasteiger partial charge on any atom is 0.281 e. The summed E-state index contributed by atoms with van der Waals surface area (Å²) >= 11 is 0. The van der Waals surface area contributed by atoms with Crippen LogP contribution in [0, 0.1) is 0 Å². The molecule has 0 radical (unpaired) electrons. The van der Waals surface area contributed by atoms with Crippen LogP contribution in [0.25, 0.3) is 0 Å². The van der Waals surface area contributed by atoms with Crippen molar-refractivity contribution in [1.29, 1.82) is 0 Å². The number of likely N-dealkylation sites (tertiary alicyclic amines) is 1. The first-order valence-electron chi connectivity index (χ1n) is 9.17. The predicted molar refractivity (Wildman–Crippen MR) is 96.3 cm³/mol. The van der Waals surface area contributed by atoms with Crippen LogP contribution in [0.2, 0.25) is 0 Å². The molecule has 0 aliphatic carbocycles. The van der Waals surface area contributed by atoms with E-state index in [0.29, 0.717) is 13.1 Å². The highest BCUT2D eigenvalue weighted by Gasteiger charge is 2.33. The molecule has 8 nitrogen and oxygen atoms in total. The quantitative estimate of drug-likeness (QED) is 0.766. The van der Waals surface area contributed by atoms with Crippen LogP contribution in [0.5, 0.6) is 0 Å². The van der Waals surface area contributed by atoms with E-state index in [9.17, 15) is 8.42 Å². The highest BCUT2D eigenvalue weighted by molar-refractivity contribution is 7.86. The Hall–Kier alpha value is -1.03. The molecule has 142 valence electrons. The van der Waals surface area contributed by atoms with Crippen LogP contribution in [-0.2, 0) is 23.8 Å². The highest BCUT2D eigenvalue weighted by atomic mass is 32.2. The second-order valence-electron chi connectivity index (χ2n) is 7.36. The molecular formula is C16H30N6O2S. The number of rotatable bonds is 5. The van der Waals surface area contributed by atoms with E-state index in [4.69, 9.17) is 0 Å². The number of hydrogen-bond donors (Lipinski definition) is 0. The van der Waals surface area contributed by atoms with Crippen LogP contribution in [0.15, 0.2) is 0 Å². The Bertz CT molecular complexity index is 681. The fourth-order valence-corrected chi connectivity index (χ4v) is 4.97. The first-order chi connectivity index (χ1) is 11.9. The van der Waals surface area contributed by atoms with Gasteiger partial charge in [0, 0.05) is 40.2 Å². The Morgan fingerprint density at radius 1 is 1.08 bits per heavy atom. The van der Waals surface area contributed by atoms with Crippen LogP contribution >= 0.6 is 0 Å². The van der Waals surface area contributed by atoms with Gasteiger partial charge in [0.1, 0.15) is 11.6 Å². The maximum atomic E-state index is 12.4. The van der Waals surface area contributed by atoms with E-state index in [-0.39, 0.29) is 5.92 Å². The van der Waals surface area contributed by atoms with Gasteiger partial charge in [-0.15, -0.1) is 10.2 Å². The second kappa shape index (κ2) is 7.69. The molecule has 1 atom stereocenters. The van der Waals surface area contributed by atoms with Gasteiger partial charge in [-0.2, -0.15) is 17.0 Å². The molecule has 3 rings (SSSR count). The van der Waals surface area contributed by atoms with Gasteiger partial charge in [-0.3, -0.25) is 4.90 Å². The van der Waals surface area contributed by atoms with Crippen molar-refractivity contribution in [3.8, 4) is 0 Å². The molecule has 2 fully saturated rings. The van der Waals surface area contributed by atoms with E-state index >= 15 is 0 Å². The monoisotopic (exact) mass is 370 g/mol. The van der Waals surface area contributed by atoms with Gasteiger partial charge >= 0.3 is 0 Å². The SMILES string of the molecule is CN(C)S(=O)(=O)N1CCC[C@H](c2nnc(CN3CCCCC3)n2C)C1. The molecule has 0 aromatic carbocycles. The summed E-state index contributed by atoms with van der Waals surface area (Å²) in [7, 11) is 1.80. The third-order valence-electron chi connectivity index (χ3n) is 5.35. The summed E-state index contributed by atoms with van der Waals surface area (Å²) in [6.45, 7) is 4.14. The largest absolute Gasteiger partial charge is 0.317 e. The third-order valence-corrected chi connectivity index (χ3v) is 7.26. The first-order valence-corrected chi connectivity index (χ1v) is 10.6. The molecule has 0 N–H and O–H groups in total. The van der Waals surface area contributed by atoms with Gasteiger partial charge in [-0.05, 0) is 38.8 Å². The fraction of sp³-hybridized carbons (Fsp3) is 0.875. The summed E-state index contributed by atoms with van der Waals surface area (Å²) in [6, 6.07) is 0. The Labute approximate surface area is 151 Å². The lowest BCUT2D eigenvalue weighted by Crippen LogP contribution is -2.45. The molecule has 0 saturated carbocycles. The molecule has 0 amide bonds. The molecule has 2 aliphatic rings. The van der Waals surface area contributed by atoms with E-state index in [0.717, 1.165) is 44.1 Å². The molecule has 0 unspecified atom stereocenters. The number of aromatic nitrogens is 3. The van der Waals surface area contributed by atoms with Gasteiger partial charge in [0.2, 0.25) is 0 Å². The smallest absolute Gasteiger partial charge is 0.281 e. The van der Waals surface area contributed by atoms with Gasteiger partial charge in [0.25, 0.3) is 10.2 Å². The average Bonchev–Trinajstić information content (AvgIpc) is 2.96. The summed E-state index contributed by atoms with van der Waals surface area (Å²) < 4.78 is 29.8. The minimum absolute atomic E-state index is 0.107. The Kier molecular flexibility index (Phi) is 5.77. The minimum atomic E-state index is -3.37. The summed E-state index contributed by atoms with van der Waals surface area (Å²) in [4.78, 5) is 2.43. The van der Waals surface area contributed by atoms with E-state index in [2.05, 4.69) is 19.7 Å². The molecule has 2 aliphatic heterocycles. The second-order valence-corrected chi connectivity index (χ2v) is 9.50.